The highest BCUT2D eigenvalue weighted by atomic mass is 35.5. The van der Waals surface area contributed by atoms with E-state index in [0.717, 1.165) is 5.56 Å². The van der Waals surface area contributed by atoms with Gasteiger partial charge in [0, 0.05) is 10.6 Å². The molecular formula is C19H19ClO4. The summed E-state index contributed by atoms with van der Waals surface area (Å²) in [6.45, 7) is 5.08. The molecule has 0 amide bonds. The third-order valence-electron chi connectivity index (χ3n) is 3.46. The maximum Gasteiger partial charge on any atom is 0.347 e. The number of Topliss-reactive ketones (excluding diaryl/α,β-unsaturated/α-hetero) is 1. The quantitative estimate of drug-likeness (QED) is 0.580. The topological polar surface area (TPSA) is 52.6 Å². The Morgan fingerprint density at radius 1 is 0.917 bits per heavy atom. The predicted molar refractivity (Wildman–Crippen MR) is 92.6 cm³/mol. The van der Waals surface area contributed by atoms with E-state index in [1.165, 1.54) is 6.92 Å². The summed E-state index contributed by atoms with van der Waals surface area (Å²) in [5, 5.41) is 0.538. The molecule has 0 bridgehead atoms. The molecule has 0 aliphatic rings. The van der Waals surface area contributed by atoms with E-state index in [2.05, 4.69) is 0 Å². The molecule has 0 spiro atoms. The summed E-state index contributed by atoms with van der Waals surface area (Å²) in [5.74, 6) is -0.310. The van der Waals surface area contributed by atoms with Crippen molar-refractivity contribution in [2.45, 2.75) is 33.0 Å². The smallest absolute Gasteiger partial charge is 0.347 e. The summed E-state index contributed by atoms with van der Waals surface area (Å²) >= 11 is 5.80. The molecular weight excluding hydrogens is 328 g/mol. The standard InChI is InChI=1S/C19H19ClO4/c1-12-4-10-17(11-5-12)23-14(3)19(22)24-13(2)18(21)15-6-8-16(20)9-7-15/h4-11,13-14H,1-3H3/t13-,14+/m0/s1. The molecule has 0 aliphatic heterocycles. The zero-order chi connectivity index (χ0) is 17.7. The zero-order valence-electron chi connectivity index (χ0n) is 13.8. The third kappa shape index (κ3) is 4.83. The number of hydrogen-bond donors (Lipinski definition) is 0. The Balaban J connectivity index is 1.93. The minimum absolute atomic E-state index is 0.289. The van der Waals surface area contributed by atoms with Crippen molar-refractivity contribution in [3.8, 4) is 5.75 Å². The molecule has 0 radical (unpaired) electrons. The van der Waals surface area contributed by atoms with Crippen LogP contribution in [0.15, 0.2) is 48.5 Å². The number of rotatable bonds is 6. The summed E-state index contributed by atoms with van der Waals surface area (Å²) in [4.78, 5) is 24.3. The SMILES string of the molecule is Cc1ccc(O[C@H](C)C(=O)O[C@@H](C)C(=O)c2ccc(Cl)cc2)cc1. The predicted octanol–water partition coefficient (Wildman–Crippen LogP) is 4.23. The average Bonchev–Trinajstić information content (AvgIpc) is 2.56. The number of esters is 1. The van der Waals surface area contributed by atoms with Crippen molar-refractivity contribution in [2.24, 2.45) is 0 Å². The largest absolute Gasteiger partial charge is 0.479 e. The summed E-state index contributed by atoms with van der Waals surface area (Å²) in [5.41, 5.74) is 1.53. The second-order valence-electron chi connectivity index (χ2n) is 5.52. The molecule has 24 heavy (non-hydrogen) atoms. The number of ketones is 1. The number of aryl methyl sites for hydroxylation is 1. The molecule has 0 saturated carbocycles. The summed E-state index contributed by atoms with van der Waals surface area (Å²) < 4.78 is 10.7. The summed E-state index contributed by atoms with van der Waals surface area (Å²) in [6.07, 6.45) is -1.71. The lowest BCUT2D eigenvalue weighted by atomic mass is 10.1. The molecule has 2 rings (SSSR count). The Labute approximate surface area is 146 Å². The van der Waals surface area contributed by atoms with Crippen molar-refractivity contribution in [1.82, 2.24) is 0 Å². The Morgan fingerprint density at radius 3 is 2.08 bits per heavy atom. The van der Waals surface area contributed by atoms with E-state index in [9.17, 15) is 9.59 Å². The maximum absolute atomic E-state index is 12.2. The number of carbonyl (C=O) groups excluding carboxylic acids is 2. The number of carbonyl (C=O) groups is 2. The first-order valence-electron chi connectivity index (χ1n) is 7.60. The average molecular weight is 347 g/mol. The highest BCUT2D eigenvalue weighted by Crippen LogP contribution is 2.15. The fourth-order valence-electron chi connectivity index (χ4n) is 2.04. The van der Waals surface area contributed by atoms with Gasteiger partial charge in [-0.25, -0.2) is 4.79 Å². The van der Waals surface area contributed by atoms with Gasteiger partial charge >= 0.3 is 5.97 Å². The maximum atomic E-state index is 12.2. The van der Waals surface area contributed by atoms with Crippen LogP contribution in [0.3, 0.4) is 0 Å². The summed E-state index contributed by atoms with van der Waals surface area (Å²) in [6, 6.07) is 13.8. The molecule has 5 heteroatoms. The second kappa shape index (κ2) is 7.97. The van der Waals surface area contributed by atoms with Gasteiger partial charge in [-0.1, -0.05) is 29.3 Å². The normalized spacial score (nSPS) is 13.0. The Kier molecular flexibility index (Phi) is 5.99. The Hall–Kier alpha value is -2.33. The van der Waals surface area contributed by atoms with E-state index in [0.29, 0.717) is 16.3 Å². The van der Waals surface area contributed by atoms with E-state index in [4.69, 9.17) is 21.1 Å². The van der Waals surface area contributed by atoms with Crippen LogP contribution < -0.4 is 4.74 Å². The van der Waals surface area contributed by atoms with Crippen LogP contribution in [0.1, 0.15) is 29.8 Å². The summed E-state index contributed by atoms with van der Waals surface area (Å²) in [7, 11) is 0. The molecule has 2 atom stereocenters. The van der Waals surface area contributed by atoms with Crippen LogP contribution in [0.25, 0.3) is 0 Å². The minimum Gasteiger partial charge on any atom is -0.479 e. The molecule has 126 valence electrons. The van der Waals surface area contributed by atoms with Crippen LogP contribution in [0, 0.1) is 6.92 Å². The number of benzene rings is 2. The molecule has 0 heterocycles. The van der Waals surface area contributed by atoms with Gasteiger partial charge in [-0.05, 0) is 57.2 Å². The minimum atomic E-state index is -0.900. The molecule has 0 N–H and O–H groups in total. The van der Waals surface area contributed by atoms with Crippen LogP contribution in [0.5, 0.6) is 5.75 Å². The van der Waals surface area contributed by atoms with Crippen molar-refractivity contribution >= 4 is 23.4 Å². The van der Waals surface area contributed by atoms with Crippen LogP contribution in [0.2, 0.25) is 5.02 Å². The second-order valence-corrected chi connectivity index (χ2v) is 5.96. The first-order valence-corrected chi connectivity index (χ1v) is 7.98. The van der Waals surface area contributed by atoms with Crippen LogP contribution in [-0.4, -0.2) is 24.0 Å². The molecule has 4 nitrogen and oxygen atoms in total. The van der Waals surface area contributed by atoms with Crippen molar-refractivity contribution < 1.29 is 19.1 Å². The molecule has 0 aliphatic carbocycles. The van der Waals surface area contributed by atoms with Gasteiger partial charge in [-0.15, -0.1) is 0 Å². The van der Waals surface area contributed by atoms with Gasteiger partial charge in [0.05, 0.1) is 0 Å². The van der Waals surface area contributed by atoms with E-state index in [-0.39, 0.29) is 5.78 Å². The lowest BCUT2D eigenvalue weighted by Gasteiger charge is -2.17. The van der Waals surface area contributed by atoms with Gasteiger partial charge < -0.3 is 9.47 Å². The molecule has 0 fully saturated rings. The van der Waals surface area contributed by atoms with Gasteiger partial charge in [0.2, 0.25) is 5.78 Å². The first-order chi connectivity index (χ1) is 11.4. The van der Waals surface area contributed by atoms with Crippen LogP contribution >= 0.6 is 11.6 Å². The molecule has 2 aromatic carbocycles. The lowest BCUT2D eigenvalue weighted by Crippen LogP contribution is -2.32. The van der Waals surface area contributed by atoms with Crippen LogP contribution in [-0.2, 0) is 9.53 Å². The van der Waals surface area contributed by atoms with Crippen molar-refractivity contribution in [2.75, 3.05) is 0 Å². The number of halogens is 1. The number of ether oxygens (including phenoxy) is 2. The third-order valence-corrected chi connectivity index (χ3v) is 3.71. The van der Waals surface area contributed by atoms with Crippen molar-refractivity contribution in [1.29, 1.82) is 0 Å². The first kappa shape index (κ1) is 18.0. The van der Waals surface area contributed by atoms with Crippen molar-refractivity contribution in [3.05, 3.63) is 64.7 Å². The fraction of sp³-hybridized carbons (Fsp3) is 0.263. The fourth-order valence-corrected chi connectivity index (χ4v) is 2.17. The highest BCUT2D eigenvalue weighted by molar-refractivity contribution is 6.30. The van der Waals surface area contributed by atoms with E-state index < -0.39 is 18.2 Å². The van der Waals surface area contributed by atoms with E-state index in [1.54, 1.807) is 43.3 Å². The highest BCUT2D eigenvalue weighted by Gasteiger charge is 2.24. The monoisotopic (exact) mass is 346 g/mol. The number of hydrogen-bond acceptors (Lipinski definition) is 4. The molecule has 0 unspecified atom stereocenters. The van der Waals surface area contributed by atoms with Gasteiger partial charge in [0.25, 0.3) is 0 Å². The van der Waals surface area contributed by atoms with Gasteiger partial charge in [-0.3, -0.25) is 4.79 Å². The van der Waals surface area contributed by atoms with Crippen LogP contribution in [0.4, 0.5) is 0 Å². The zero-order valence-corrected chi connectivity index (χ0v) is 14.5. The van der Waals surface area contributed by atoms with Gasteiger partial charge in [0.1, 0.15) is 5.75 Å². The van der Waals surface area contributed by atoms with Crippen molar-refractivity contribution in [3.63, 3.8) is 0 Å². The Bertz CT molecular complexity index is 707. The van der Waals surface area contributed by atoms with Gasteiger partial charge in [-0.2, -0.15) is 0 Å². The lowest BCUT2D eigenvalue weighted by molar-refractivity contribution is -0.153. The molecule has 0 saturated heterocycles. The molecule has 0 aromatic heterocycles. The Morgan fingerprint density at radius 2 is 1.50 bits per heavy atom. The molecule has 2 aromatic rings. The van der Waals surface area contributed by atoms with Gasteiger partial charge in [0.15, 0.2) is 12.2 Å². The van der Waals surface area contributed by atoms with E-state index in [1.807, 2.05) is 19.1 Å². The van der Waals surface area contributed by atoms with E-state index >= 15 is 0 Å².